The van der Waals surface area contributed by atoms with Crippen molar-refractivity contribution in [2.75, 3.05) is 6.26 Å². The number of nitrogens with zero attached hydrogens (tertiary/aromatic N) is 1. The van der Waals surface area contributed by atoms with Crippen LogP contribution in [0.1, 0.15) is 41.8 Å². The van der Waals surface area contributed by atoms with Crippen molar-refractivity contribution in [2.45, 2.75) is 37.5 Å². The fourth-order valence-electron chi connectivity index (χ4n) is 1.75. The summed E-state index contributed by atoms with van der Waals surface area (Å²) in [6.07, 6.45) is 2.42. The Morgan fingerprint density at radius 2 is 1.90 bits per heavy atom. The number of Topliss-reactive ketones (excluding diaryl/α,β-unsaturated/α-hetero) is 1. The first-order chi connectivity index (χ1) is 9.40. The molecule has 0 N–H and O–H groups in total. The second kappa shape index (κ2) is 6.10. The van der Waals surface area contributed by atoms with Crippen LogP contribution >= 0.6 is 23.1 Å². The summed E-state index contributed by atoms with van der Waals surface area (Å²) >= 11 is 3.25. The lowest BCUT2D eigenvalue weighted by atomic mass is 9.93. The molecule has 0 saturated carbocycles. The van der Waals surface area contributed by atoms with E-state index in [-0.39, 0.29) is 11.2 Å². The molecule has 20 heavy (non-hydrogen) atoms. The highest BCUT2D eigenvalue weighted by molar-refractivity contribution is 7.98. The van der Waals surface area contributed by atoms with Crippen molar-refractivity contribution in [3.05, 3.63) is 45.9 Å². The molecule has 2 aromatic rings. The van der Waals surface area contributed by atoms with Crippen LogP contribution in [0.15, 0.2) is 34.5 Å². The van der Waals surface area contributed by atoms with Crippen molar-refractivity contribution < 1.29 is 4.79 Å². The van der Waals surface area contributed by atoms with Gasteiger partial charge in [0.2, 0.25) is 0 Å². The summed E-state index contributed by atoms with van der Waals surface area (Å²) in [6, 6.07) is 7.76. The van der Waals surface area contributed by atoms with Gasteiger partial charge in [0.05, 0.1) is 12.1 Å². The number of carbonyl (C=O) groups is 1. The van der Waals surface area contributed by atoms with E-state index in [1.165, 1.54) is 4.90 Å². The fourth-order valence-corrected chi connectivity index (χ4v) is 3.18. The summed E-state index contributed by atoms with van der Waals surface area (Å²) in [5.74, 6) is 0.132. The SMILES string of the molecule is CSc1ccc(C(=O)Cc2nc(C(C)(C)C)cs2)cc1. The largest absolute Gasteiger partial charge is 0.294 e. The number of ketones is 1. The maximum atomic E-state index is 12.2. The molecule has 1 aromatic carbocycles. The third kappa shape index (κ3) is 3.70. The lowest BCUT2D eigenvalue weighted by molar-refractivity contribution is 0.0993. The average molecular weight is 305 g/mol. The zero-order valence-corrected chi connectivity index (χ0v) is 13.9. The molecule has 0 unspecified atom stereocenters. The summed E-state index contributed by atoms with van der Waals surface area (Å²) < 4.78 is 0. The van der Waals surface area contributed by atoms with Gasteiger partial charge in [0.15, 0.2) is 5.78 Å². The van der Waals surface area contributed by atoms with Crippen molar-refractivity contribution in [1.82, 2.24) is 4.98 Å². The van der Waals surface area contributed by atoms with Crippen LogP contribution in [0, 0.1) is 0 Å². The first kappa shape index (κ1) is 15.3. The van der Waals surface area contributed by atoms with Crippen LogP contribution in [0.2, 0.25) is 0 Å². The third-order valence-corrected chi connectivity index (χ3v) is 4.64. The molecule has 2 nitrogen and oxygen atoms in total. The van der Waals surface area contributed by atoms with E-state index in [0.29, 0.717) is 6.42 Å². The number of aromatic nitrogens is 1. The van der Waals surface area contributed by atoms with Gasteiger partial charge >= 0.3 is 0 Å². The lowest BCUT2D eigenvalue weighted by Crippen LogP contribution is -2.12. The van der Waals surface area contributed by atoms with E-state index in [4.69, 9.17) is 0 Å². The average Bonchev–Trinajstić information content (AvgIpc) is 2.87. The molecule has 0 aliphatic rings. The highest BCUT2D eigenvalue weighted by atomic mass is 32.2. The van der Waals surface area contributed by atoms with Gasteiger partial charge in [-0.15, -0.1) is 23.1 Å². The topological polar surface area (TPSA) is 30.0 Å². The van der Waals surface area contributed by atoms with Crippen molar-refractivity contribution in [3.8, 4) is 0 Å². The fraction of sp³-hybridized carbons (Fsp3) is 0.375. The van der Waals surface area contributed by atoms with Gasteiger partial charge in [-0.3, -0.25) is 4.79 Å². The minimum absolute atomic E-state index is 0.0395. The Labute approximate surface area is 128 Å². The minimum atomic E-state index is 0.0395. The molecular weight excluding hydrogens is 286 g/mol. The highest BCUT2D eigenvalue weighted by Crippen LogP contribution is 2.24. The van der Waals surface area contributed by atoms with Crippen LogP contribution in [0.5, 0.6) is 0 Å². The third-order valence-electron chi connectivity index (χ3n) is 3.04. The van der Waals surface area contributed by atoms with Crippen LogP contribution < -0.4 is 0 Å². The predicted octanol–water partition coefficient (Wildman–Crippen LogP) is 4.59. The quantitative estimate of drug-likeness (QED) is 0.611. The van der Waals surface area contributed by atoms with E-state index in [0.717, 1.165) is 16.3 Å². The molecule has 0 radical (unpaired) electrons. The Morgan fingerprint density at radius 1 is 1.25 bits per heavy atom. The molecule has 0 aliphatic carbocycles. The number of rotatable bonds is 4. The van der Waals surface area contributed by atoms with Gasteiger partial charge in [-0.05, 0) is 18.4 Å². The Balaban J connectivity index is 2.09. The zero-order chi connectivity index (χ0) is 14.8. The normalized spacial score (nSPS) is 11.6. The maximum Gasteiger partial charge on any atom is 0.169 e. The summed E-state index contributed by atoms with van der Waals surface area (Å²) in [5, 5.41) is 2.95. The minimum Gasteiger partial charge on any atom is -0.294 e. The van der Waals surface area contributed by atoms with Crippen molar-refractivity contribution >= 4 is 28.9 Å². The molecule has 0 spiro atoms. The summed E-state index contributed by atoms with van der Waals surface area (Å²) in [7, 11) is 0. The molecule has 0 amide bonds. The summed E-state index contributed by atoms with van der Waals surface area (Å²) in [4.78, 5) is 18.0. The highest BCUT2D eigenvalue weighted by Gasteiger charge is 2.18. The van der Waals surface area contributed by atoms with Crippen LogP contribution in [-0.4, -0.2) is 17.0 Å². The number of thioether (sulfide) groups is 1. The molecular formula is C16H19NOS2. The molecule has 2 rings (SSSR count). The van der Waals surface area contributed by atoms with Crippen LogP contribution in [0.3, 0.4) is 0 Å². The summed E-state index contributed by atoms with van der Waals surface area (Å²) in [6.45, 7) is 6.40. The number of hydrogen-bond acceptors (Lipinski definition) is 4. The number of thiazole rings is 1. The number of carbonyl (C=O) groups excluding carboxylic acids is 1. The predicted molar refractivity (Wildman–Crippen MR) is 87.1 cm³/mol. The monoisotopic (exact) mass is 305 g/mol. The van der Waals surface area contributed by atoms with E-state index in [1.807, 2.05) is 30.5 Å². The molecule has 0 aliphatic heterocycles. The molecule has 106 valence electrons. The van der Waals surface area contributed by atoms with E-state index in [9.17, 15) is 4.79 Å². The molecule has 1 heterocycles. The lowest BCUT2D eigenvalue weighted by Gasteiger charge is -2.14. The van der Waals surface area contributed by atoms with Gasteiger partial charge in [0, 0.05) is 21.3 Å². The molecule has 0 fully saturated rings. The standard InChI is InChI=1S/C16H19NOS2/c1-16(2,3)14-10-20-15(17-14)9-13(18)11-5-7-12(19-4)8-6-11/h5-8,10H,9H2,1-4H3. The van der Waals surface area contributed by atoms with Crippen LogP contribution in [0.4, 0.5) is 0 Å². The van der Waals surface area contributed by atoms with Gasteiger partial charge in [-0.25, -0.2) is 4.98 Å². The smallest absolute Gasteiger partial charge is 0.169 e. The van der Waals surface area contributed by atoms with Gasteiger partial charge in [0.1, 0.15) is 5.01 Å². The van der Waals surface area contributed by atoms with Gasteiger partial charge in [-0.2, -0.15) is 0 Å². The Kier molecular flexibility index (Phi) is 4.66. The van der Waals surface area contributed by atoms with Crippen LogP contribution in [0.25, 0.3) is 0 Å². The Bertz CT molecular complexity index is 594. The van der Waals surface area contributed by atoms with E-state index in [1.54, 1.807) is 23.1 Å². The second-order valence-corrected chi connectivity index (χ2v) is 7.53. The van der Waals surface area contributed by atoms with E-state index in [2.05, 4.69) is 31.1 Å². The maximum absolute atomic E-state index is 12.2. The molecule has 0 bridgehead atoms. The second-order valence-electron chi connectivity index (χ2n) is 5.70. The van der Waals surface area contributed by atoms with Gasteiger partial charge in [-0.1, -0.05) is 32.9 Å². The molecule has 0 saturated heterocycles. The number of benzene rings is 1. The Morgan fingerprint density at radius 3 is 2.40 bits per heavy atom. The van der Waals surface area contributed by atoms with Gasteiger partial charge < -0.3 is 0 Å². The van der Waals surface area contributed by atoms with Gasteiger partial charge in [0.25, 0.3) is 0 Å². The van der Waals surface area contributed by atoms with Crippen molar-refractivity contribution in [2.24, 2.45) is 0 Å². The van der Waals surface area contributed by atoms with E-state index < -0.39 is 0 Å². The zero-order valence-electron chi connectivity index (χ0n) is 12.3. The summed E-state index contributed by atoms with van der Waals surface area (Å²) in [5.41, 5.74) is 1.86. The molecule has 1 aromatic heterocycles. The first-order valence-corrected chi connectivity index (χ1v) is 8.63. The Hall–Kier alpha value is -1.13. The first-order valence-electron chi connectivity index (χ1n) is 6.52. The van der Waals surface area contributed by atoms with Crippen molar-refractivity contribution in [1.29, 1.82) is 0 Å². The number of hydrogen-bond donors (Lipinski definition) is 0. The molecule has 4 heteroatoms. The van der Waals surface area contributed by atoms with E-state index >= 15 is 0 Å². The van der Waals surface area contributed by atoms with Crippen LogP contribution in [-0.2, 0) is 11.8 Å². The van der Waals surface area contributed by atoms with Crippen molar-refractivity contribution in [3.63, 3.8) is 0 Å². The molecule has 0 atom stereocenters.